The van der Waals surface area contributed by atoms with Gasteiger partial charge in [0.15, 0.2) is 0 Å². The maximum atomic E-state index is 11.4. The maximum absolute atomic E-state index is 11.4. The zero-order valence-electron chi connectivity index (χ0n) is 9.54. The summed E-state index contributed by atoms with van der Waals surface area (Å²) < 4.78 is 10.6. The molecule has 1 aliphatic rings. The van der Waals surface area contributed by atoms with Crippen molar-refractivity contribution in [1.82, 2.24) is 5.32 Å². The Morgan fingerprint density at radius 1 is 1.50 bits per heavy atom. The minimum Gasteiger partial charge on any atom is -0.378 e. The Balaban J connectivity index is 1.90. The van der Waals surface area contributed by atoms with Gasteiger partial charge in [0, 0.05) is 25.5 Å². The van der Waals surface area contributed by atoms with Crippen LogP contribution in [0.5, 0.6) is 0 Å². The SMILES string of the molecule is O=C(CCC1CCCO1)NCCOCCCl. The molecule has 5 heteroatoms. The molecular weight excluding hydrogens is 230 g/mol. The van der Waals surface area contributed by atoms with Crippen LogP contribution in [-0.4, -0.2) is 44.3 Å². The third-order valence-corrected chi connectivity index (χ3v) is 2.66. The Bertz CT molecular complexity index is 196. The fraction of sp³-hybridized carbons (Fsp3) is 0.909. The Morgan fingerprint density at radius 2 is 2.38 bits per heavy atom. The van der Waals surface area contributed by atoms with Gasteiger partial charge in [-0.15, -0.1) is 11.6 Å². The van der Waals surface area contributed by atoms with Crippen LogP contribution in [-0.2, 0) is 14.3 Å². The molecule has 1 heterocycles. The lowest BCUT2D eigenvalue weighted by Gasteiger charge is -2.09. The predicted octanol–water partition coefficient (Wildman–Crippen LogP) is 1.32. The summed E-state index contributed by atoms with van der Waals surface area (Å²) >= 11 is 5.44. The molecule has 1 unspecified atom stereocenters. The van der Waals surface area contributed by atoms with Crippen molar-refractivity contribution < 1.29 is 14.3 Å². The molecule has 0 spiro atoms. The van der Waals surface area contributed by atoms with Gasteiger partial charge in [-0.05, 0) is 19.3 Å². The van der Waals surface area contributed by atoms with Crippen molar-refractivity contribution in [3.8, 4) is 0 Å². The van der Waals surface area contributed by atoms with E-state index in [0.717, 1.165) is 25.9 Å². The molecule has 4 nitrogen and oxygen atoms in total. The molecule has 16 heavy (non-hydrogen) atoms. The van der Waals surface area contributed by atoms with Crippen LogP contribution in [0.4, 0.5) is 0 Å². The highest BCUT2D eigenvalue weighted by Gasteiger charge is 2.16. The van der Waals surface area contributed by atoms with Crippen molar-refractivity contribution in [2.24, 2.45) is 0 Å². The Hall–Kier alpha value is -0.320. The Morgan fingerprint density at radius 3 is 3.06 bits per heavy atom. The maximum Gasteiger partial charge on any atom is 0.220 e. The zero-order chi connectivity index (χ0) is 11.6. The van der Waals surface area contributed by atoms with Crippen molar-refractivity contribution in [3.63, 3.8) is 0 Å². The van der Waals surface area contributed by atoms with Crippen LogP contribution in [0.2, 0.25) is 0 Å². The summed E-state index contributed by atoms with van der Waals surface area (Å²) in [5.74, 6) is 0.567. The number of alkyl halides is 1. The highest BCUT2D eigenvalue weighted by atomic mass is 35.5. The molecule has 0 radical (unpaired) electrons. The number of halogens is 1. The van der Waals surface area contributed by atoms with E-state index in [1.807, 2.05) is 0 Å². The molecule has 94 valence electrons. The first-order chi connectivity index (χ1) is 7.83. The van der Waals surface area contributed by atoms with Gasteiger partial charge in [0.05, 0.1) is 19.3 Å². The summed E-state index contributed by atoms with van der Waals surface area (Å²) in [6.07, 6.45) is 3.87. The number of carbonyl (C=O) groups is 1. The number of nitrogens with one attached hydrogen (secondary N) is 1. The zero-order valence-corrected chi connectivity index (χ0v) is 10.3. The third-order valence-electron chi connectivity index (χ3n) is 2.51. The Labute approximate surface area is 102 Å². The topological polar surface area (TPSA) is 47.6 Å². The molecule has 0 aromatic rings. The lowest BCUT2D eigenvalue weighted by Crippen LogP contribution is -2.28. The van der Waals surface area contributed by atoms with E-state index in [1.165, 1.54) is 0 Å². The van der Waals surface area contributed by atoms with E-state index in [0.29, 0.717) is 38.2 Å². The summed E-state index contributed by atoms with van der Waals surface area (Å²) in [6.45, 7) is 2.46. The van der Waals surface area contributed by atoms with E-state index in [2.05, 4.69) is 5.32 Å². The fourth-order valence-corrected chi connectivity index (χ4v) is 1.78. The number of amides is 1. The lowest BCUT2D eigenvalue weighted by atomic mass is 10.1. The van der Waals surface area contributed by atoms with Crippen LogP contribution < -0.4 is 5.32 Å². The van der Waals surface area contributed by atoms with E-state index in [-0.39, 0.29) is 5.91 Å². The fourth-order valence-electron chi connectivity index (χ4n) is 1.67. The first-order valence-electron chi connectivity index (χ1n) is 5.85. The molecule has 1 rings (SSSR count). The second-order valence-corrected chi connectivity index (χ2v) is 4.20. The molecule has 1 aliphatic heterocycles. The molecule has 0 saturated carbocycles. The number of rotatable bonds is 8. The second-order valence-electron chi connectivity index (χ2n) is 3.83. The van der Waals surface area contributed by atoms with E-state index in [4.69, 9.17) is 21.1 Å². The smallest absolute Gasteiger partial charge is 0.220 e. The van der Waals surface area contributed by atoms with Crippen LogP contribution in [0.15, 0.2) is 0 Å². The Kier molecular flexibility index (Phi) is 7.55. The quantitative estimate of drug-likeness (QED) is 0.521. The first kappa shape index (κ1) is 13.7. The van der Waals surface area contributed by atoms with Crippen molar-refractivity contribution in [2.75, 3.05) is 32.2 Å². The third kappa shape index (κ3) is 6.30. The molecular formula is C11H20ClNO3. The van der Waals surface area contributed by atoms with Gasteiger partial charge in [-0.2, -0.15) is 0 Å². The van der Waals surface area contributed by atoms with Crippen molar-refractivity contribution in [3.05, 3.63) is 0 Å². The van der Waals surface area contributed by atoms with Crippen molar-refractivity contribution >= 4 is 17.5 Å². The molecule has 1 saturated heterocycles. The molecule has 1 N–H and O–H groups in total. The minimum absolute atomic E-state index is 0.0740. The van der Waals surface area contributed by atoms with Crippen LogP contribution >= 0.6 is 11.6 Å². The lowest BCUT2D eigenvalue weighted by molar-refractivity contribution is -0.121. The molecule has 1 amide bonds. The van der Waals surface area contributed by atoms with E-state index in [1.54, 1.807) is 0 Å². The van der Waals surface area contributed by atoms with Crippen LogP contribution in [0.3, 0.4) is 0 Å². The molecule has 0 aromatic carbocycles. The number of hydrogen-bond donors (Lipinski definition) is 1. The minimum atomic E-state index is 0.0740. The standard InChI is InChI=1S/C11H20ClNO3/c12-5-8-15-9-6-13-11(14)4-3-10-2-1-7-16-10/h10H,1-9H2,(H,13,14). The highest BCUT2D eigenvalue weighted by Crippen LogP contribution is 2.16. The second kappa shape index (κ2) is 8.79. The van der Waals surface area contributed by atoms with Gasteiger partial charge in [-0.25, -0.2) is 0 Å². The van der Waals surface area contributed by atoms with Gasteiger partial charge in [-0.1, -0.05) is 0 Å². The molecule has 1 atom stereocenters. The number of carbonyl (C=O) groups excluding carboxylic acids is 1. The van der Waals surface area contributed by atoms with Gasteiger partial charge < -0.3 is 14.8 Å². The molecule has 0 aliphatic carbocycles. The predicted molar refractivity (Wildman–Crippen MR) is 62.8 cm³/mol. The summed E-state index contributed by atoms with van der Waals surface area (Å²) in [5, 5.41) is 2.80. The van der Waals surface area contributed by atoms with E-state index >= 15 is 0 Å². The molecule has 0 bridgehead atoms. The van der Waals surface area contributed by atoms with Crippen LogP contribution in [0, 0.1) is 0 Å². The summed E-state index contributed by atoms with van der Waals surface area (Å²) in [5.41, 5.74) is 0. The van der Waals surface area contributed by atoms with Crippen LogP contribution in [0.1, 0.15) is 25.7 Å². The highest BCUT2D eigenvalue weighted by molar-refractivity contribution is 6.17. The first-order valence-corrected chi connectivity index (χ1v) is 6.38. The van der Waals surface area contributed by atoms with Crippen molar-refractivity contribution in [2.45, 2.75) is 31.8 Å². The summed E-state index contributed by atoms with van der Waals surface area (Å²) in [4.78, 5) is 11.4. The number of hydrogen-bond acceptors (Lipinski definition) is 3. The number of ether oxygens (including phenoxy) is 2. The van der Waals surface area contributed by atoms with Gasteiger partial charge in [-0.3, -0.25) is 4.79 Å². The monoisotopic (exact) mass is 249 g/mol. The summed E-state index contributed by atoms with van der Waals surface area (Å²) in [7, 11) is 0. The summed E-state index contributed by atoms with van der Waals surface area (Å²) in [6, 6.07) is 0. The average molecular weight is 250 g/mol. The van der Waals surface area contributed by atoms with Crippen molar-refractivity contribution in [1.29, 1.82) is 0 Å². The van der Waals surface area contributed by atoms with Gasteiger partial charge >= 0.3 is 0 Å². The normalized spacial score (nSPS) is 19.9. The average Bonchev–Trinajstić information content (AvgIpc) is 2.79. The van der Waals surface area contributed by atoms with Gasteiger partial charge in [0.2, 0.25) is 5.91 Å². The van der Waals surface area contributed by atoms with Gasteiger partial charge in [0.25, 0.3) is 0 Å². The van der Waals surface area contributed by atoms with E-state index in [9.17, 15) is 4.79 Å². The largest absolute Gasteiger partial charge is 0.378 e. The molecule has 0 aromatic heterocycles. The molecule has 1 fully saturated rings. The van der Waals surface area contributed by atoms with E-state index < -0.39 is 0 Å². The van der Waals surface area contributed by atoms with Crippen LogP contribution in [0.25, 0.3) is 0 Å². The van der Waals surface area contributed by atoms with Gasteiger partial charge in [0.1, 0.15) is 0 Å².